The number of para-hydroxylation sites is 1. The topological polar surface area (TPSA) is 29.9 Å². The van der Waals surface area contributed by atoms with Crippen molar-refractivity contribution < 1.29 is 9.47 Å². The van der Waals surface area contributed by atoms with Gasteiger partial charge in [0.2, 0.25) is 0 Å². The highest BCUT2D eigenvalue weighted by molar-refractivity contribution is 6.16. The van der Waals surface area contributed by atoms with E-state index in [2.05, 4.69) is 215 Å². The molecule has 0 atom stereocenters. The lowest BCUT2D eigenvalue weighted by Gasteiger charge is -2.27. The van der Waals surface area contributed by atoms with Crippen LogP contribution in [0.5, 0.6) is 11.5 Å². The van der Waals surface area contributed by atoms with Gasteiger partial charge in [-0.15, -0.1) is 0 Å². The highest BCUT2D eigenvalue weighted by Crippen LogP contribution is 2.45. The van der Waals surface area contributed by atoms with Crippen molar-refractivity contribution in [2.45, 2.75) is 0 Å². The summed E-state index contributed by atoms with van der Waals surface area (Å²) in [6.07, 6.45) is 0. The first-order valence-electron chi connectivity index (χ1n) is 20.5. The van der Waals surface area contributed by atoms with E-state index in [-0.39, 0.29) is 0 Å². The van der Waals surface area contributed by atoms with Crippen LogP contribution in [-0.4, -0.2) is 18.8 Å². The molecule has 0 saturated carbocycles. The van der Waals surface area contributed by atoms with Crippen LogP contribution in [0.15, 0.2) is 224 Å². The molecule has 294 valence electrons. The Labute approximate surface area is 356 Å². The summed E-state index contributed by atoms with van der Waals surface area (Å²) in [5, 5.41) is 2.35. The Hall–Kier alpha value is -8.02. The molecule has 0 spiro atoms. The molecule has 10 rings (SSSR count). The van der Waals surface area contributed by atoms with Crippen molar-refractivity contribution >= 4 is 55.9 Å². The van der Waals surface area contributed by atoms with Crippen molar-refractivity contribution in [3.8, 4) is 39.4 Å². The fourth-order valence-electron chi connectivity index (χ4n) is 8.42. The number of anilines is 6. The fourth-order valence-corrected chi connectivity index (χ4v) is 8.42. The zero-order valence-corrected chi connectivity index (χ0v) is 34.0. The van der Waals surface area contributed by atoms with Crippen LogP contribution in [0, 0.1) is 0 Å². The predicted molar refractivity (Wildman–Crippen MR) is 254 cm³/mol. The van der Waals surface area contributed by atoms with Crippen LogP contribution in [0.1, 0.15) is 0 Å². The van der Waals surface area contributed by atoms with Crippen LogP contribution in [0.3, 0.4) is 0 Å². The number of ether oxygens (including phenoxy) is 2. The second-order valence-corrected chi connectivity index (χ2v) is 14.9. The Bertz CT molecular complexity index is 3050. The number of hydrogen-bond acceptors (Lipinski definition) is 4. The van der Waals surface area contributed by atoms with Crippen LogP contribution in [-0.2, 0) is 0 Å². The standard InChI is InChI=1S/C56H43N3O2/c1-60-50-36-32-46(33-37-50)57(44-24-20-42(21-25-44)40-12-5-3-6-13-40)45-28-30-49(31-29-45)59-53-17-10-9-16-52(53)56-54(18-11-19-55(56)59)58(48-34-38-51(61-2)39-35-48)47-26-22-43(23-27-47)41-14-7-4-8-15-41/h3-39H,1-2H3. The lowest BCUT2D eigenvalue weighted by atomic mass is 10.0. The summed E-state index contributed by atoms with van der Waals surface area (Å²) in [5.74, 6) is 1.63. The van der Waals surface area contributed by atoms with Gasteiger partial charge in [0.25, 0.3) is 0 Å². The molecular weight excluding hydrogens is 747 g/mol. The minimum atomic E-state index is 0.816. The van der Waals surface area contributed by atoms with Crippen LogP contribution in [0.25, 0.3) is 49.7 Å². The molecule has 0 bridgehead atoms. The number of fused-ring (bicyclic) bond motifs is 3. The first-order valence-corrected chi connectivity index (χ1v) is 20.5. The molecule has 0 aliphatic heterocycles. The molecule has 1 aromatic heterocycles. The van der Waals surface area contributed by atoms with Crippen molar-refractivity contribution in [2.24, 2.45) is 0 Å². The van der Waals surface area contributed by atoms with Gasteiger partial charge in [-0.05, 0) is 138 Å². The molecule has 0 fully saturated rings. The van der Waals surface area contributed by atoms with Crippen molar-refractivity contribution in [3.05, 3.63) is 224 Å². The van der Waals surface area contributed by atoms with Gasteiger partial charge < -0.3 is 23.8 Å². The van der Waals surface area contributed by atoms with Gasteiger partial charge in [-0.1, -0.05) is 109 Å². The van der Waals surface area contributed by atoms with Gasteiger partial charge in [0.05, 0.1) is 30.9 Å². The van der Waals surface area contributed by atoms with Gasteiger partial charge >= 0.3 is 0 Å². The molecule has 9 aromatic carbocycles. The summed E-state index contributed by atoms with van der Waals surface area (Å²) in [6.45, 7) is 0. The quantitative estimate of drug-likeness (QED) is 0.131. The van der Waals surface area contributed by atoms with Gasteiger partial charge in [0, 0.05) is 44.9 Å². The summed E-state index contributed by atoms with van der Waals surface area (Å²) in [4.78, 5) is 4.64. The average molecular weight is 790 g/mol. The third-order valence-electron chi connectivity index (χ3n) is 11.4. The predicted octanol–water partition coefficient (Wildman–Crippen LogP) is 15.1. The minimum absolute atomic E-state index is 0.816. The van der Waals surface area contributed by atoms with Gasteiger partial charge in [-0.3, -0.25) is 0 Å². The normalized spacial score (nSPS) is 11.1. The van der Waals surface area contributed by atoms with E-state index in [1.807, 2.05) is 24.3 Å². The van der Waals surface area contributed by atoms with Crippen molar-refractivity contribution in [3.63, 3.8) is 0 Å². The van der Waals surface area contributed by atoms with Crippen LogP contribution in [0.4, 0.5) is 34.1 Å². The van der Waals surface area contributed by atoms with Crippen LogP contribution >= 0.6 is 0 Å². The first-order chi connectivity index (χ1) is 30.2. The zero-order valence-electron chi connectivity index (χ0n) is 34.0. The van der Waals surface area contributed by atoms with E-state index < -0.39 is 0 Å². The van der Waals surface area contributed by atoms with E-state index in [9.17, 15) is 0 Å². The zero-order chi connectivity index (χ0) is 41.1. The molecule has 0 saturated heterocycles. The minimum Gasteiger partial charge on any atom is -0.497 e. The summed E-state index contributed by atoms with van der Waals surface area (Å²) in [5.41, 5.74) is 14.4. The van der Waals surface area contributed by atoms with Gasteiger partial charge in [0.1, 0.15) is 11.5 Å². The molecule has 0 amide bonds. The molecule has 0 N–H and O–H groups in total. The number of benzene rings is 9. The maximum atomic E-state index is 5.58. The second-order valence-electron chi connectivity index (χ2n) is 14.9. The van der Waals surface area contributed by atoms with E-state index >= 15 is 0 Å². The molecule has 1 heterocycles. The fraction of sp³-hybridized carbons (Fsp3) is 0.0357. The van der Waals surface area contributed by atoms with Gasteiger partial charge in [0.15, 0.2) is 0 Å². The van der Waals surface area contributed by atoms with Gasteiger partial charge in [-0.2, -0.15) is 0 Å². The van der Waals surface area contributed by atoms with E-state index in [4.69, 9.17) is 9.47 Å². The SMILES string of the molecule is COc1ccc(N(c2ccc(-c3ccccc3)cc2)c2ccc(-n3c4ccccc4c4c(N(c5ccc(OC)cc5)c5ccc(-c6ccccc6)cc5)cccc43)cc2)cc1. The van der Waals surface area contributed by atoms with E-state index in [1.165, 1.54) is 33.0 Å². The third-order valence-corrected chi connectivity index (χ3v) is 11.4. The summed E-state index contributed by atoms with van der Waals surface area (Å²) in [7, 11) is 3.41. The number of hydrogen-bond donors (Lipinski definition) is 0. The number of nitrogens with zero attached hydrogens (tertiary/aromatic N) is 3. The molecule has 0 radical (unpaired) electrons. The average Bonchev–Trinajstić information content (AvgIpc) is 3.68. The molecule has 10 aromatic rings. The van der Waals surface area contributed by atoms with E-state index in [1.54, 1.807) is 14.2 Å². The monoisotopic (exact) mass is 789 g/mol. The number of methoxy groups -OCH3 is 2. The molecule has 0 aliphatic carbocycles. The summed E-state index contributed by atoms with van der Waals surface area (Å²) < 4.78 is 13.5. The second kappa shape index (κ2) is 16.3. The number of aromatic nitrogens is 1. The van der Waals surface area contributed by atoms with E-state index in [0.717, 1.165) is 62.3 Å². The summed E-state index contributed by atoms with van der Waals surface area (Å²) >= 11 is 0. The maximum absolute atomic E-state index is 5.58. The molecule has 5 nitrogen and oxygen atoms in total. The maximum Gasteiger partial charge on any atom is 0.119 e. The molecular formula is C56H43N3O2. The van der Waals surface area contributed by atoms with Crippen molar-refractivity contribution in [1.29, 1.82) is 0 Å². The molecule has 5 heteroatoms. The Balaban J connectivity index is 1.09. The Kier molecular flexibility index (Phi) is 9.97. The lowest BCUT2D eigenvalue weighted by molar-refractivity contribution is 0.414. The first kappa shape index (κ1) is 37.3. The van der Waals surface area contributed by atoms with Crippen LogP contribution in [0.2, 0.25) is 0 Å². The van der Waals surface area contributed by atoms with Gasteiger partial charge in [-0.25, -0.2) is 0 Å². The van der Waals surface area contributed by atoms with Crippen molar-refractivity contribution in [1.82, 2.24) is 4.57 Å². The molecule has 61 heavy (non-hydrogen) atoms. The van der Waals surface area contributed by atoms with Crippen molar-refractivity contribution in [2.75, 3.05) is 24.0 Å². The smallest absolute Gasteiger partial charge is 0.119 e. The van der Waals surface area contributed by atoms with E-state index in [0.29, 0.717) is 0 Å². The Morgan fingerprint density at radius 1 is 0.328 bits per heavy atom. The summed E-state index contributed by atoms with van der Waals surface area (Å²) in [6, 6.07) is 79.4. The molecule has 0 unspecified atom stereocenters. The Morgan fingerprint density at radius 2 is 0.721 bits per heavy atom. The Morgan fingerprint density at radius 3 is 1.21 bits per heavy atom. The largest absolute Gasteiger partial charge is 0.497 e. The van der Waals surface area contributed by atoms with Crippen LogP contribution < -0.4 is 19.3 Å². The molecule has 0 aliphatic rings. The number of rotatable bonds is 11. The lowest BCUT2D eigenvalue weighted by Crippen LogP contribution is -2.10. The highest BCUT2D eigenvalue weighted by Gasteiger charge is 2.22. The third kappa shape index (κ3) is 7.13. The highest BCUT2D eigenvalue weighted by atomic mass is 16.5.